The fourth-order valence-electron chi connectivity index (χ4n) is 1.91. The van der Waals surface area contributed by atoms with E-state index in [2.05, 4.69) is 4.72 Å². The SMILES string of the molecule is CCC(C)(CC)NS(=O)(=O)c1cc(C(=O)O)c(O)cc1C. The largest absolute Gasteiger partial charge is 0.507 e. The van der Waals surface area contributed by atoms with Gasteiger partial charge in [0, 0.05) is 5.54 Å². The molecule has 0 atom stereocenters. The Bertz CT molecular complexity index is 648. The maximum Gasteiger partial charge on any atom is 0.339 e. The Labute approximate surface area is 124 Å². The lowest BCUT2D eigenvalue weighted by molar-refractivity contribution is 0.0693. The summed E-state index contributed by atoms with van der Waals surface area (Å²) in [5.74, 6) is -1.83. The number of hydrogen-bond acceptors (Lipinski definition) is 4. The van der Waals surface area contributed by atoms with Gasteiger partial charge in [0.2, 0.25) is 10.0 Å². The van der Waals surface area contributed by atoms with Crippen LogP contribution in [0.5, 0.6) is 5.75 Å². The number of nitrogens with one attached hydrogen (secondary N) is 1. The molecule has 0 aliphatic rings. The number of sulfonamides is 1. The van der Waals surface area contributed by atoms with Crippen molar-refractivity contribution in [1.82, 2.24) is 4.72 Å². The van der Waals surface area contributed by atoms with E-state index < -0.39 is 32.8 Å². The van der Waals surface area contributed by atoms with Gasteiger partial charge in [-0.1, -0.05) is 13.8 Å². The first-order chi connectivity index (χ1) is 9.56. The number of carbonyl (C=O) groups is 1. The van der Waals surface area contributed by atoms with Crippen molar-refractivity contribution in [2.45, 2.75) is 51.0 Å². The topological polar surface area (TPSA) is 104 Å². The predicted molar refractivity (Wildman–Crippen MR) is 79.1 cm³/mol. The quantitative estimate of drug-likeness (QED) is 0.747. The molecule has 3 N–H and O–H groups in total. The van der Waals surface area contributed by atoms with E-state index in [1.54, 1.807) is 6.92 Å². The van der Waals surface area contributed by atoms with Crippen LogP contribution in [0.4, 0.5) is 0 Å². The second-order valence-electron chi connectivity index (χ2n) is 5.31. The van der Waals surface area contributed by atoms with Gasteiger partial charge in [-0.15, -0.1) is 0 Å². The highest BCUT2D eigenvalue weighted by Crippen LogP contribution is 2.27. The lowest BCUT2D eigenvalue weighted by atomic mass is 9.98. The van der Waals surface area contributed by atoms with Crippen molar-refractivity contribution in [2.75, 3.05) is 0 Å². The van der Waals surface area contributed by atoms with Crippen LogP contribution in [0.3, 0.4) is 0 Å². The van der Waals surface area contributed by atoms with Gasteiger partial charge in [0.05, 0.1) is 4.90 Å². The van der Waals surface area contributed by atoms with E-state index in [-0.39, 0.29) is 4.90 Å². The molecular formula is C14H21NO5S. The fraction of sp³-hybridized carbons (Fsp3) is 0.500. The van der Waals surface area contributed by atoms with E-state index >= 15 is 0 Å². The van der Waals surface area contributed by atoms with Crippen LogP contribution < -0.4 is 4.72 Å². The van der Waals surface area contributed by atoms with E-state index in [0.717, 1.165) is 12.1 Å². The normalized spacial score (nSPS) is 12.4. The average Bonchev–Trinajstić information content (AvgIpc) is 2.37. The molecule has 1 aromatic rings. The van der Waals surface area contributed by atoms with Crippen molar-refractivity contribution in [3.8, 4) is 5.75 Å². The van der Waals surface area contributed by atoms with Crippen LogP contribution in [-0.4, -0.2) is 30.1 Å². The van der Waals surface area contributed by atoms with Gasteiger partial charge in [0.25, 0.3) is 0 Å². The zero-order valence-electron chi connectivity index (χ0n) is 12.6. The third-order valence-corrected chi connectivity index (χ3v) is 5.54. The maximum absolute atomic E-state index is 12.5. The Kier molecular flexibility index (Phi) is 5.01. The summed E-state index contributed by atoms with van der Waals surface area (Å²) in [5.41, 5.74) is -0.748. The fourth-order valence-corrected chi connectivity index (χ4v) is 3.71. The third kappa shape index (κ3) is 3.74. The van der Waals surface area contributed by atoms with Crippen LogP contribution in [0.1, 0.15) is 49.5 Å². The number of aromatic hydroxyl groups is 1. The molecule has 118 valence electrons. The summed E-state index contributed by atoms with van der Waals surface area (Å²) >= 11 is 0. The zero-order chi connectivity index (χ0) is 16.4. The molecule has 0 aromatic heterocycles. The Hall–Kier alpha value is -1.60. The summed E-state index contributed by atoms with van der Waals surface area (Å²) < 4.78 is 27.6. The number of aromatic carboxylic acids is 1. The summed E-state index contributed by atoms with van der Waals surface area (Å²) in [5, 5.41) is 18.6. The first kappa shape index (κ1) is 17.5. The summed E-state index contributed by atoms with van der Waals surface area (Å²) in [6, 6.07) is 2.13. The van der Waals surface area contributed by atoms with Crippen molar-refractivity contribution in [3.63, 3.8) is 0 Å². The zero-order valence-corrected chi connectivity index (χ0v) is 13.4. The van der Waals surface area contributed by atoms with Crippen molar-refractivity contribution in [2.24, 2.45) is 0 Å². The molecule has 0 bridgehead atoms. The number of hydrogen-bond donors (Lipinski definition) is 3. The van der Waals surface area contributed by atoms with Crippen LogP contribution in [0.2, 0.25) is 0 Å². The minimum Gasteiger partial charge on any atom is -0.507 e. The van der Waals surface area contributed by atoms with Gasteiger partial charge in [-0.05, 0) is 44.4 Å². The van der Waals surface area contributed by atoms with Crippen LogP contribution in [-0.2, 0) is 10.0 Å². The van der Waals surface area contributed by atoms with Gasteiger partial charge >= 0.3 is 5.97 Å². The highest BCUT2D eigenvalue weighted by atomic mass is 32.2. The van der Waals surface area contributed by atoms with E-state index in [0.29, 0.717) is 18.4 Å². The van der Waals surface area contributed by atoms with Gasteiger partial charge in [-0.3, -0.25) is 0 Å². The number of carboxylic acid groups (broad SMARTS) is 1. The molecule has 0 radical (unpaired) electrons. The molecule has 6 nitrogen and oxygen atoms in total. The van der Waals surface area contributed by atoms with Crippen LogP contribution in [0, 0.1) is 6.92 Å². The number of aryl methyl sites for hydroxylation is 1. The standard InChI is InChI=1S/C14H21NO5S/c1-5-14(4,6-2)15-21(19,20)12-8-10(13(17)18)11(16)7-9(12)3/h7-8,15-16H,5-6H2,1-4H3,(H,17,18). The lowest BCUT2D eigenvalue weighted by Gasteiger charge is -2.28. The van der Waals surface area contributed by atoms with Gasteiger partial charge in [0.15, 0.2) is 0 Å². The van der Waals surface area contributed by atoms with Crippen LogP contribution in [0.25, 0.3) is 0 Å². The average molecular weight is 315 g/mol. The monoisotopic (exact) mass is 315 g/mol. The van der Waals surface area contributed by atoms with E-state index in [9.17, 15) is 18.3 Å². The van der Waals surface area contributed by atoms with Gasteiger partial charge in [-0.2, -0.15) is 0 Å². The smallest absolute Gasteiger partial charge is 0.339 e. The molecule has 0 aliphatic carbocycles. The molecule has 7 heteroatoms. The minimum absolute atomic E-state index is 0.133. The summed E-state index contributed by atoms with van der Waals surface area (Å²) in [6.45, 7) is 7.05. The van der Waals surface area contributed by atoms with Crippen molar-refractivity contribution in [3.05, 3.63) is 23.3 Å². The van der Waals surface area contributed by atoms with Crippen molar-refractivity contribution in [1.29, 1.82) is 0 Å². The number of phenols is 1. The van der Waals surface area contributed by atoms with Crippen molar-refractivity contribution < 1.29 is 23.4 Å². The van der Waals surface area contributed by atoms with Crippen molar-refractivity contribution >= 4 is 16.0 Å². The van der Waals surface area contributed by atoms with Crippen LogP contribution in [0.15, 0.2) is 17.0 Å². The lowest BCUT2D eigenvalue weighted by Crippen LogP contribution is -2.45. The Morgan fingerprint density at radius 1 is 1.29 bits per heavy atom. The van der Waals surface area contributed by atoms with Gasteiger partial charge in [-0.25, -0.2) is 17.9 Å². The molecule has 0 amide bonds. The highest BCUT2D eigenvalue weighted by Gasteiger charge is 2.29. The Morgan fingerprint density at radius 2 is 1.81 bits per heavy atom. The maximum atomic E-state index is 12.5. The summed E-state index contributed by atoms with van der Waals surface area (Å²) in [6.07, 6.45) is 1.21. The molecule has 0 saturated heterocycles. The first-order valence-corrected chi connectivity index (χ1v) is 8.15. The third-order valence-electron chi connectivity index (χ3n) is 3.75. The predicted octanol–water partition coefficient (Wildman–Crippen LogP) is 2.26. The first-order valence-electron chi connectivity index (χ1n) is 6.67. The van der Waals surface area contributed by atoms with Gasteiger partial charge < -0.3 is 10.2 Å². The van der Waals surface area contributed by atoms with E-state index in [1.165, 1.54) is 6.92 Å². The van der Waals surface area contributed by atoms with E-state index in [4.69, 9.17) is 5.11 Å². The molecule has 0 saturated carbocycles. The Balaban J connectivity index is 3.39. The molecule has 0 spiro atoms. The molecule has 21 heavy (non-hydrogen) atoms. The van der Waals surface area contributed by atoms with Gasteiger partial charge in [0.1, 0.15) is 11.3 Å². The molecule has 0 fully saturated rings. The summed E-state index contributed by atoms with van der Waals surface area (Å²) in [7, 11) is -3.87. The molecule has 0 aliphatic heterocycles. The second kappa shape index (κ2) is 6.03. The minimum atomic E-state index is -3.87. The number of benzene rings is 1. The number of rotatable bonds is 6. The Morgan fingerprint density at radius 3 is 2.24 bits per heavy atom. The second-order valence-corrected chi connectivity index (χ2v) is 6.96. The summed E-state index contributed by atoms with van der Waals surface area (Å²) in [4.78, 5) is 10.9. The molecule has 1 aromatic carbocycles. The van der Waals surface area contributed by atoms with E-state index in [1.807, 2.05) is 13.8 Å². The number of carboxylic acids is 1. The van der Waals surface area contributed by atoms with Crippen LogP contribution >= 0.6 is 0 Å². The molecule has 0 heterocycles. The molecule has 1 rings (SSSR count). The highest BCUT2D eigenvalue weighted by molar-refractivity contribution is 7.89. The molecular weight excluding hydrogens is 294 g/mol. The molecule has 0 unspecified atom stereocenters.